The summed E-state index contributed by atoms with van der Waals surface area (Å²) in [5.74, 6) is 5.27. The first-order valence-electron chi connectivity index (χ1n) is 8.35. The van der Waals surface area contributed by atoms with Gasteiger partial charge in [0.1, 0.15) is 23.5 Å². The van der Waals surface area contributed by atoms with Gasteiger partial charge in [-0.15, -0.1) is 0 Å². The van der Waals surface area contributed by atoms with Crippen molar-refractivity contribution < 1.29 is 9.90 Å². The number of benzene rings is 1. The number of carbonyl (C=O) groups is 1. The second-order valence-corrected chi connectivity index (χ2v) is 6.26. The number of hydrogen-bond donors (Lipinski definition) is 3. The van der Waals surface area contributed by atoms with Gasteiger partial charge >= 0.3 is 0 Å². The van der Waals surface area contributed by atoms with Crippen molar-refractivity contribution in [1.82, 2.24) is 19.9 Å². The summed E-state index contributed by atoms with van der Waals surface area (Å²) in [7, 11) is 0. The lowest BCUT2D eigenvalue weighted by Crippen LogP contribution is -2.34. The summed E-state index contributed by atoms with van der Waals surface area (Å²) in [5.41, 5.74) is 10.1. The van der Waals surface area contributed by atoms with Crippen LogP contribution in [0.25, 0.3) is 27.7 Å². The molecule has 2 aromatic heterocycles. The Morgan fingerprint density at radius 3 is 2.81 bits per heavy atom. The molecule has 0 aliphatic carbocycles. The average Bonchev–Trinajstić information content (AvgIpc) is 3.12. The standard InChI is InChI=1S/C20H17N5O2/c1-3-4-15(27)24-14-9-25-18(11(14)2)16(12-5-7-13(26)8-6-12)17-19(21)22-10-23-20(17)25/h5-8,10,14,26H,2,9H2,1H3,(H,24,27)(H2,21,22,23)/t14-/m1/s1. The van der Waals surface area contributed by atoms with Gasteiger partial charge in [0, 0.05) is 12.1 Å². The minimum atomic E-state index is -0.348. The third-order valence-electron chi connectivity index (χ3n) is 4.66. The highest BCUT2D eigenvalue weighted by Crippen LogP contribution is 2.43. The van der Waals surface area contributed by atoms with E-state index in [1.54, 1.807) is 31.2 Å². The van der Waals surface area contributed by atoms with Gasteiger partial charge in [-0.1, -0.05) is 24.6 Å². The first kappa shape index (κ1) is 16.7. The number of nitrogen functional groups attached to an aromatic ring is 1. The lowest BCUT2D eigenvalue weighted by molar-refractivity contribution is -0.116. The van der Waals surface area contributed by atoms with Crippen LogP contribution >= 0.6 is 0 Å². The maximum Gasteiger partial charge on any atom is 0.296 e. The van der Waals surface area contributed by atoms with E-state index in [0.29, 0.717) is 18.0 Å². The van der Waals surface area contributed by atoms with E-state index >= 15 is 0 Å². The van der Waals surface area contributed by atoms with Crippen LogP contribution < -0.4 is 11.1 Å². The Hall–Kier alpha value is -3.79. The Kier molecular flexibility index (Phi) is 3.81. The molecule has 7 nitrogen and oxygen atoms in total. The highest BCUT2D eigenvalue weighted by Gasteiger charge is 2.33. The van der Waals surface area contributed by atoms with Crippen molar-refractivity contribution >= 4 is 28.3 Å². The first-order chi connectivity index (χ1) is 13.0. The number of rotatable bonds is 2. The van der Waals surface area contributed by atoms with Crippen LogP contribution in [-0.2, 0) is 11.3 Å². The van der Waals surface area contributed by atoms with Gasteiger partial charge in [0.25, 0.3) is 5.91 Å². The third kappa shape index (κ3) is 2.59. The van der Waals surface area contributed by atoms with E-state index in [2.05, 4.69) is 33.7 Å². The number of nitrogens with zero attached hydrogens (tertiary/aromatic N) is 3. The maximum atomic E-state index is 11.9. The molecule has 27 heavy (non-hydrogen) atoms. The van der Waals surface area contributed by atoms with Crippen molar-refractivity contribution in [2.24, 2.45) is 0 Å². The molecule has 4 N–H and O–H groups in total. The van der Waals surface area contributed by atoms with Crippen molar-refractivity contribution in [3.63, 3.8) is 0 Å². The van der Waals surface area contributed by atoms with E-state index < -0.39 is 0 Å². The van der Waals surface area contributed by atoms with E-state index in [1.165, 1.54) is 6.33 Å². The van der Waals surface area contributed by atoms with Gasteiger partial charge in [0.05, 0.1) is 17.1 Å². The third-order valence-corrected chi connectivity index (χ3v) is 4.66. The average molecular weight is 359 g/mol. The molecule has 1 aliphatic heterocycles. The zero-order chi connectivity index (χ0) is 19.1. The molecule has 4 rings (SSSR count). The van der Waals surface area contributed by atoms with E-state index in [9.17, 15) is 9.90 Å². The van der Waals surface area contributed by atoms with Crippen LogP contribution in [0, 0.1) is 11.8 Å². The van der Waals surface area contributed by atoms with Crippen LogP contribution in [0.5, 0.6) is 5.75 Å². The summed E-state index contributed by atoms with van der Waals surface area (Å²) >= 11 is 0. The second kappa shape index (κ2) is 6.18. The highest BCUT2D eigenvalue weighted by molar-refractivity contribution is 6.07. The Bertz CT molecular complexity index is 1150. The topological polar surface area (TPSA) is 106 Å². The molecule has 0 fully saturated rings. The SMILES string of the molecule is C=C1c2c(-c3ccc(O)cc3)c3c(N)ncnc3n2C[C@H]1NC(=O)C#CC. The van der Waals surface area contributed by atoms with Crippen LogP contribution in [0.1, 0.15) is 12.6 Å². The Morgan fingerprint density at radius 2 is 2.11 bits per heavy atom. The van der Waals surface area contributed by atoms with E-state index in [-0.39, 0.29) is 17.7 Å². The number of fused-ring (bicyclic) bond motifs is 3. The van der Waals surface area contributed by atoms with Gasteiger partial charge in [-0.3, -0.25) is 4.79 Å². The van der Waals surface area contributed by atoms with Crippen molar-refractivity contribution in [2.45, 2.75) is 19.5 Å². The van der Waals surface area contributed by atoms with Gasteiger partial charge in [-0.05, 0) is 36.1 Å². The highest BCUT2D eigenvalue weighted by atomic mass is 16.3. The van der Waals surface area contributed by atoms with Gasteiger partial charge in [-0.25, -0.2) is 9.97 Å². The molecule has 0 saturated carbocycles. The number of carbonyl (C=O) groups excluding carboxylic acids is 1. The molecule has 1 atom stereocenters. The summed E-state index contributed by atoms with van der Waals surface area (Å²) < 4.78 is 1.99. The number of amides is 1. The Morgan fingerprint density at radius 1 is 1.37 bits per heavy atom. The number of phenolic OH excluding ortho intramolecular Hbond substituents is 1. The van der Waals surface area contributed by atoms with Gasteiger partial charge in [0.15, 0.2) is 0 Å². The predicted octanol–water partition coefficient (Wildman–Crippen LogP) is 1.92. The molecule has 3 heterocycles. The van der Waals surface area contributed by atoms with Crippen LogP contribution in [0.4, 0.5) is 5.82 Å². The quantitative estimate of drug-likeness (QED) is 0.606. The molecular formula is C20H17N5O2. The number of phenols is 1. The number of anilines is 1. The minimum Gasteiger partial charge on any atom is -0.508 e. The van der Waals surface area contributed by atoms with Gasteiger partial charge in [0.2, 0.25) is 0 Å². The van der Waals surface area contributed by atoms with Crippen LogP contribution in [0.2, 0.25) is 0 Å². The normalized spacial score (nSPS) is 15.3. The van der Waals surface area contributed by atoms with E-state index in [1.807, 2.05) is 4.57 Å². The molecule has 134 valence electrons. The summed E-state index contributed by atoms with van der Waals surface area (Å²) in [6.07, 6.45) is 1.42. The molecule has 7 heteroatoms. The van der Waals surface area contributed by atoms with Crippen LogP contribution in [0.3, 0.4) is 0 Å². The molecule has 0 radical (unpaired) electrons. The summed E-state index contributed by atoms with van der Waals surface area (Å²) in [4.78, 5) is 20.4. The minimum absolute atomic E-state index is 0.172. The molecule has 0 saturated heterocycles. The number of aromatic nitrogens is 3. The lowest BCUT2D eigenvalue weighted by atomic mass is 9.97. The van der Waals surface area contributed by atoms with Crippen molar-refractivity contribution in [3.05, 3.63) is 42.9 Å². The molecule has 3 aromatic rings. The first-order valence-corrected chi connectivity index (χ1v) is 8.35. The number of hydrogen-bond acceptors (Lipinski definition) is 5. The fourth-order valence-electron chi connectivity index (χ4n) is 3.51. The monoisotopic (exact) mass is 359 g/mol. The van der Waals surface area contributed by atoms with Gasteiger partial charge in [-0.2, -0.15) is 0 Å². The van der Waals surface area contributed by atoms with Crippen molar-refractivity contribution in [2.75, 3.05) is 5.73 Å². The molecule has 1 aliphatic rings. The van der Waals surface area contributed by atoms with E-state index in [0.717, 1.165) is 27.8 Å². The lowest BCUT2D eigenvalue weighted by Gasteiger charge is -2.13. The molecule has 0 bridgehead atoms. The molecule has 0 spiro atoms. The maximum absolute atomic E-state index is 11.9. The summed E-state index contributed by atoms with van der Waals surface area (Å²) in [5, 5.41) is 13.2. The molecular weight excluding hydrogens is 342 g/mol. The number of nitrogens with two attached hydrogens (primary N) is 1. The number of nitrogens with one attached hydrogen (secondary N) is 1. The fourth-order valence-corrected chi connectivity index (χ4v) is 3.51. The zero-order valence-corrected chi connectivity index (χ0v) is 14.7. The Balaban J connectivity index is 1.91. The zero-order valence-electron chi connectivity index (χ0n) is 14.7. The fraction of sp³-hybridized carbons (Fsp3) is 0.150. The van der Waals surface area contributed by atoms with Crippen molar-refractivity contribution in [3.8, 4) is 28.7 Å². The van der Waals surface area contributed by atoms with Gasteiger partial charge < -0.3 is 20.7 Å². The summed E-state index contributed by atoms with van der Waals surface area (Å²) in [6.45, 7) is 6.29. The van der Waals surface area contributed by atoms with Crippen LogP contribution in [-0.4, -0.2) is 31.6 Å². The second-order valence-electron chi connectivity index (χ2n) is 6.26. The molecule has 1 aromatic carbocycles. The van der Waals surface area contributed by atoms with Crippen molar-refractivity contribution in [1.29, 1.82) is 0 Å². The smallest absolute Gasteiger partial charge is 0.296 e. The molecule has 0 unspecified atom stereocenters. The largest absolute Gasteiger partial charge is 0.508 e. The molecule has 1 amide bonds. The van der Waals surface area contributed by atoms with Crippen LogP contribution in [0.15, 0.2) is 37.2 Å². The predicted molar refractivity (Wildman–Crippen MR) is 103 cm³/mol. The van der Waals surface area contributed by atoms with E-state index in [4.69, 9.17) is 5.73 Å². The summed E-state index contributed by atoms with van der Waals surface area (Å²) in [6, 6.07) is 6.54. The Labute approximate surface area is 155 Å². The number of aromatic hydroxyl groups is 1.